The summed E-state index contributed by atoms with van der Waals surface area (Å²) in [4.78, 5) is 0. The largest absolute Gasteiger partial charge is 0.497 e. The van der Waals surface area contributed by atoms with Crippen molar-refractivity contribution in [2.45, 2.75) is 13.0 Å². The Morgan fingerprint density at radius 3 is 2.40 bits per heavy atom. The number of hydrogen-bond acceptors (Lipinski definition) is 3. The lowest BCUT2D eigenvalue weighted by Crippen LogP contribution is -2.02. The van der Waals surface area contributed by atoms with E-state index in [-0.39, 0.29) is 0 Å². The fourth-order valence-corrected chi connectivity index (χ4v) is 2.32. The Bertz CT molecular complexity index is 611. The zero-order valence-corrected chi connectivity index (χ0v) is 12.4. The van der Waals surface area contributed by atoms with Crippen LogP contribution in [0.4, 0.5) is 0 Å². The molecule has 0 saturated carbocycles. The molecule has 0 amide bonds. The van der Waals surface area contributed by atoms with Gasteiger partial charge in [-0.3, -0.25) is 0 Å². The molecule has 2 aromatic rings. The van der Waals surface area contributed by atoms with Crippen LogP contribution < -0.4 is 9.47 Å². The molecule has 0 saturated heterocycles. The quantitative estimate of drug-likeness (QED) is 0.933. The molecule has 106 valence electrons. The van der Waals surface area contributed by atoms with E-state index in [0.717, 1.165) is 16.9 Å². The number of hydrogen-bond donors (Lipinski definition) is 1. The van der Waals surface area contributed by atoms with E-state index in [0.29, 0.717) is 16.3 Å². The molecule has 20 heavy (non-hydrogen) atoms. The number of aryl methyl sites for hydroxylation is 1. The van der Waals surface area contributed by atoms with Crippen LogP contribution in [0.25, 0.3) is 0 Å². The van der Waals surface area contributed by atoms with E-state index in [4.69, 9.17) is 21.1 Å². The highest BCUT2D eigenvalue weighted by atomic mass is 35.5. The van der Waals surface area contributed by atoms with E-state index in [9.17, 15) is 5.11 Å². The van der Waals surface area contributed by atoms with Crippen LogP contribution in [0.3, 0.4) is 0 Å². The maximum atomic E-state index is 10.5. The van der Waals surface area contributed by atoms with Crippen molar-refractivity contribution in [3.63, 3.8) is 0 Å². The third kappa shape index (κ3) is 2.89. The summed E-state index contributed by atoms with van der Waals surface area (Å²) in [6.45, 7) is 1.95. The van der Waals surface area contributed by atoms with Crippen molar-refractivity contribution in [1.82, 2.24) is 0 Å². The van der Waals surface area contributed by atoms with Crippen molar-refractivity contribution in [1.29, 1.82) is 0 Å². The minimum Gasteiger partial charge on any atom is -0.497 e. The van der Waals surface area contributed by atoms with E-state index >= 15 is 0 Å². The summed E-state index contributed by atoms with van der Waals surface area (Å²) >= 11 is 6.19. The molecular formula is C16H17ClO3. The number of rotatable bonds is 4. The molecule has 0 bridgehead atoms. The van der Waals surface area contributed by atoms with Gasteiger partial charge in [0.25, 0.3) is 0 Å². The lowest BCUT2D eigenvalue weighted by atomic mass is 10.00. The van der Waals surface area contributed by atoms with Gasteiger partial charge >= 0.3 is 0 Å². The Morgan fingerprint density at radius 2 is 1.80 bits per heavy atom. The summed E-state index contributed by atoms with van der Waals surface area (Å²) in [7, 11) is 3.19. The third-order valence-corrected chi connectivity index (χ3v) is 3.58. The monoisotopic (exact) mass is 292 g/mol. The van der Waals surface area contributed by atoms with Crippen LogP contribution in [0, 0.1) is 6.92 Å². The number of ether oxygens (including phenoxy) is 2. The molecule has 4 heteroatoms. The van der Waals surface area contributed by atoms with Gasteiger partial charge in [-0.15, -0.1) is 0 Å². The number of aliphatic hydroxyl groups excluding tert-OH is 1. The van der Waals surface area contributed by atoms with E-state index < -0.39 is 6.10 Å². The summed E-state index contributed by atoms with van der Waals surface area (Å²) < 4.78 is 10.4. The number of aliphatic hydroxyl groups is 1. The van der Waals surface area contributed by atoms with Gasteiger partial charge in [0.15, 0.2) is 0 Å². The van der Waals surface area contributed by atoms with Crippen LogP contribution in [-0.4, -0.2) is 19.3 Å². The Balaban J connectivity index is 2.38. The molecule has 0 fully saturated rings. The molecule has 0 radical (unpaired) electrons. The highest BCUT2D eigenvalue weighted by molar-refractivity contribution is 6.31. The smallest absolute Gasteiger partial charge is 0.122 e. The van der Waals surface area contributed by atoms with E-state index in [1.165, 1.54) is 0 Å². The van der Waals surface area contributed by atoms with E-state index in [1.54, 1.807) is 32.4 Å². The number of methoxy groups -OCH3 is 2. The van der Waals surface area contributed by atoms with Gasteiger partial charge in [0.05, 0.1) is 19.2 Å². The molecule has 0 aliphatic carbocycles. The summed E-state index contributed by atoms with van der Waals surface area (Å²) in [6.07, 6.45) is -0.803. The topological polar surface area (TPSA) is 38.7 Å². The SMILES string of the molecule is COc1ccc(C(O)c2ccc(C)c(OC)c2)c(Cl)c1. The van der Waals surface area contributed by atoms with E-state index in [2.05, 4.69) is 0 Å². The summed E-state index contributed by atoms with van der Waals surface area (Å²) in [5, 5.41) is 10.9. The fourth-order valence-electron chi connectivity index (χ4n) is 2.04. The van der Waals surface area contributed by atoms with Crippen molar-refractivity contribution < 1.29 is 14.6 Å². The molecule has 0 aromatic heterocycles. The van der Waals surface area contributed by atoms with Crippen molar-refractivity contribution in [2.75, 3.05) is 14.2 Å². The lowest BCUT2D eigenvalue weighted by Gasteiger charge is -2.15. The molecule has 1 N–H and O–H groups in total. The highest BCUT2D eigenvalue weighted by Gasteiger charge is 2.16. The molecule has 1 atom stereocenters. The first-order chi connectivity index (χ1) is 9.56. The highest BCUT2D eigenvalue weighted by Crippen LogP contribution is 2.33. The van der Waals surface area contributed by atoms with Crippen molar-refractivity contribution >= 4 is 11.6 Å². The fraction of sp³-hybridized carbons (Fsp3) is 0.250. The maximum absolute atomic E-state index is 10.5. The third-order valence-electron chi connectivity index (χ3n) is 3.25. The molecular weight excluding hydrogens is 276 g/mol. The predicted octanol–water partition coefficient (Wildman–Crippen LogP) is 3.75. The van der Waals surface area contributed by atoms with Crippen molar-refractivity contribution in [3.05, 3.63) is 58.1 Å². The van der Waals surface area contributed by atoms with Crippen LogP contribution in [-0.2, 0) is 0 Å². The summed E-state index contributed by atoms with van der Waals surface area (Å²) in [5.74, 6) is 1.40. The van der Waals surface area contributed by atoms with Gasteiger partial charge in [-0.2, -0.15) is 0 Å². The molecule has 0 heterocycles. The predicted molar refractivity (Wildman–Crippen MR) is 79.8 cm³/mol. The molecule has 2 rings (SSSR count). The summed E-state index contributed by atoms with van der Waals surface area (Å²) in [6, 6.07) is 10.8. The normalized spacial score (nSPS) is 12.1. The zero-order valence-electron chi connectivity index (χ0n) is 11.7. The van der Waals surface area contributed by atoms with Gasteiger partial charge in [0, 0.05) is 5.56 Å². The van der Waals surface area contributed by atoms with Gasteiger partial charge in [-0.1, -0.05) is 29.8 Å². The Kier molecular flexibility index (Phi) is 4.53. The molecule has 0 aliphatic heterocycles. The standard InChI is InChI=1S/C16H17ClO3/c1-10-4-5-11(8-15(10)20-3)16(18)13-7-6-12(19-2)9-14(13)17/h4-9,16,18H,1-3H3. The van der Waals surface area contributed by atoms with Gasteiger partial charge in [-0.05, 0) is 36.2 Å². The van der Waals surface area contributed by atoms with Crippen LogP contribution in [0.1, 0.15) is 22.8 Å². The first-order valence-electron chi connectivity index (χ1n) is 6.23. The van der Waals surface area contributed by atoms with Crippen LogP contribution in [0.15, 0.2) is 36.4 Å². The minimum atomic E-state index is -0.803. The second-order valence-electron chi connectivity index (χ2n) is 4.52. The Hall–Kier alpha value is -1.71. The van der Waals surface area contributed by atoms with Crippen LogP contribution >= 0.6 is 11.6 Å². The number of benzene rings is 2. The van der Waals surface area contributed by atoms with E-state index in [1.807, 2.05) is 25.1 Å². The molecule has 1 unspecified atom stereocenters. The Labute approximate surface area is 123 Å². The van der Waals surface area contributed by atoms with Crippen molar-refractivity contribution in [2.24, 2.45) is 0 Å². The van der Waals surface area contributed by atoms with Gasteiger partial charge in [-0.25, -0.2) is 0 Å². The van der Waals surface area contributed by atoms with Gasteiger partial charge in [0.2, 0.25) is 0 Å². The molecule has 3 nitrogen and oxygen atoms in total. The van der Waals surface area contributed by atoms with Crippen molar-refractivity contribution in [3.8, 4) is 11.5 Å². The summed E-state index contributed by atoms with van der Waals surface area (Å²) in [5.41, 5.74) is 2.39. The van der Waals surface area contributed by atoms with Crippen LogP contribution in [0.2, 0.25) is 5.02 Å². The molecule has 0 spiro atoms. The minimum absolute atomic E-state index is 0.469. The van der Waals surface area contributed by atoms with Gasteiger partial charge in [0.1, 0.15) is 17.6 Å². The van der Waals surface area contributed by atoms with Crippen LogP contribution in [0.5, 0.6) is 11.5 Å². The number of halogens is 1. The first kappa shape index (κ1) is 14.7. The molecule has 2 aromatic carbocycles. The lowest BCUT2D eigenvalue weighted by molar-refractivity contribution is 0.219. The van der Waals surface area contributed by atoms with Gasteiger partial charge < -0.3 is 14.6 Å². The Morgan fingerprint density at radius 1 is 1.05 bits per heavy atom. The average Bonchev–Trinajstić information content (AvgIpc) is 2.47. The first-order valence-corrected chi connectivity index (χ1v) is 6.60. The zero-order chi connectivity index (χ0) is 14.7. The second-order valence-corrected chi connectivity index (χ2v) is 4.93. The molecule has 0 aliphatic rings. The maximum Gasteiger partial charge on any atom is 0.122 e. The average molecular weight is 293 g/mol. The second kappa shape index (κ2) is 6.16.